The molecule has 0 atom stereocenters. The van der Waals surface area contributed by atoms with Crippen molar-refractivity contribution in [2.75, 3.05) is 19.6 Å². The summed E-state index contributed by atoms with van der Waals surface area (Å²) in [4.78, 5) is 9.48. The molecular formula is C110H72FN5O. The molecule has 117 heavy (non-hydrogen) atoms. The van der Waals surface area contributed by atoms with Crippen LogP contribution in [0, 0.1) is 5.82 Å². The molecule has 4 heterocycles. The number of hydrogen-bond donors (Lipinski definition) is 0. The molecule has 7 heteroatoms. The van der Waals surface area contributed by atoms with Gasteiger partial charge in [-0.25, -0.2) is 4.39 Å². The van der Waals surface area contributed by atoms with Crippen LogP contribution < -0.4 is 19.6 Å². The third kappa shape index (κ3) is 11.9. The predicted molar refractivity (Wildman–Crippen MR) is 488 cm³/mol. The van der Waals surface area contributed by atoms with Crippen LogP contribution in [0.2, 0.25) is 0 Å². The van der Waals surface area contributed by atoms with Gasteiger partial charge < -0.3 is 28.6 Å². The fraction of sp³-hybridized carbons (Fsp3) is 0. The highest BCUT2D eigenvalue weighted by Crippen LogP contribution is 2.55. The SMILES string of the molecule is Fc1ccc(-n2c3ccccc3c3cc(N(c4ccc(-c5ccccc5)cc4)c4ccc(-c5ccc6c7c(cccc57)N(c5ccccc5)c5ccccc5-6)cc4)ccc32)cc1.c1ccc(-c2ccc(N(c3ccc(-c4ccc5c6c(cccc46)N(c4ccccc4)c4ccccc4-5)cc3)c3ccc4oc5ccccc5c4c3)cc2)cc1. The first-order valence-corrected chi connectivity index (χ1v) is 39.8. The number of hydrogen-bond acceptors (Lipinski definition) is 5. The first-order valence-electron chi connectivity index (χ1n) is 39.8. The summed E-state index contributed by atoms with van der Waals surface area (Å²) in [6.45, 7) is 0. The Morgan fingerprint density at radius 1 is 0.205 bits per heavy atom. The average molecular weight is 1500 g/mol. The Bertz CT molecular complexity index is 7350. The fourth-order valence-electron chi connectivity index (χ4n) is 18.0. The largest absolute Gasteiger partial charge is 0.456 e. The topological polar surface area (TPSA) is 31.0 Å². The fourth-order valence-corrected chi connectivity index (χ4v) is 18.0. The lowest BCUT2D eigenvalue weighted by atomic mass is 9.87. The summed E-state index contributed by atoms with van der Waals surface area (Å²) in [6, 6.07) is 155. The molecule has 21 aromatic rings. The molecule has 2 aliphatic heterocycles. The summed E-state index contributed by atoms with van der Waals surface area (Å²) in [7, 11) is 0. The van der Waals surface area contributed by atoms with E-state index in [1.165, 1.54) is 118 Å². The van der Waals surface area contributed by atoms with Crippen molar-refractivity contribution < 1.29 is 8.81 Å². The van der Waals surface area contributed by atoms with Gasteiger partial charge in [-0.1, -0.05) is 267 Å². The molecule has 2 aliphatic rings. The van der Waals surface area contributed by atoms with Crippen LogP contribution in [0.1, 0.15) is 0 Å². The molecule has 0 bridgehead atoms. The second-order valence-corrected chi connectivity index (χ2v) is 30.0. The zero-order valence-corrected chi connectivity index (χ0v) is 63.6. The highest BCUT2D eigenvalue weighted by molar-refractivity contribution is 6.20. The van der Waals surface area contributed by atoms with Gasteiger partial charge in [-0.2, -0.15) is 0 Å². The molecule has 0 saturated carbocycles. The second-order valence-electron chi connectivity index (χ2n) is 30.0. The van der Waals surface area contributed by atoms with Crippen LogP contribution in [0.15, 0.2) is 441 Å². The Labute approximate surface area is 677 Å². The minimum atomic E-state index is -0.249. The van der Waals surface area contributed by atoms with E-state index in [1.807, 2.05) is 24.3 Å². The van der Waals surface area contributed by atoms with Crippen LogP contribution in [-0.4, -0.2) is 4.57 Å². The van der Waals surface area contributed by atoms with E-state index in [-0.39, 0.29) is 5.82 Å². The summed E-state index contributed by atoms with van der Waals surface area (Å²) in [6.07, 6.45) is 0. The standard InChI is InChI=1S/C58H38FN3.C52H34N2O/c59-42-26-32-46(33-27-42)61-55-20-10-8-17-50(55)53-38-47(34-37-56(53)61)60(44-28-22-40(23-29-44)39-12-3-1-4-13-39)45-30-24-41(25-31-45)48-35-36-52-49-16-7-9-19-54(49)62(43-14-5-2-6-15-43)57-21-11-18-51(48)58(52)57;1-3-12-35(13-4-1)36-22-26-39(27-23-36)53(41-30-33-51-47(34-41)44-17-8-10-21-50(44)55-51)40-28-24-37(25-29-40)42-31-32-46-43-16-7-9-19-48(43)54(38-14-5-2-6-15-38)49-20-11-18-45(42)52(46)49/h1-38H;1-34H. The quantitative estimate of drug-likeness (QED) is 0.115. The smallest absolute Gasteiger partial charge is 0.135 e. The number of rotatable bonds is 13. The van der Waals surface area contributed by atoms with Crippen molar-refractivity contribution in [3.05, 3.63) is 443 Å². The molecule has 0 unspecified atom stereocenters. The zero-order valence-electron chi connectivity index (χ0n) is 63.6. The Morgan fingerprint density at radius 2 is 0.564 bits per heavy atom. The molecule has 19 aromatic carbocycles. The second kappa shape index (κ2) is 28.6. The summed E-state index contributed by atoms with van der Waals surface area (Å²) in [5.41, 5.74) is 32.7. The van der Waals surface area contributed by atoms with Crippen molar-refractivity contribution in [2.45, 2.75) is 0 Å². The Hall–Kier alpha value is -15.6. The van der Waals surface area contributed by atoms with Crippen molar-refractivity contribution in [3.63, 3.8) is 0 Å². The Kier molecular flexibility index (Phi) is 16.7. The number of benzene rings is 19. The first-order chi connectivity index (χ1) is 58.0. The normalized spacial score (nSPS) is 11.9. The van der Waals surface area contributed by atoms with Crippen LogP contribution in [0.25, 0.3) is 138 Å². The molecule has 2 aromatic heterocycles. The third-order valence-corrected chi connectivity index (χ3v) is 23.4. The minimum absolute atomic E-state index is 0.249. The van der Waals surface area contributed by atoms with Gasteiger partial charge in [-0.15, -0.1) is 0 Å². The molecule has 0 amide bonds. The first kappa shape index (κ1) is 68.3. The van der Waals surface area contributed by atoms with E-state index < -0.39 is 0 Å². The van der Waals surface area contributed by atoms with E-state index in [1.54, 1.807) is 0 Å². The van der Waals surface area contributed by atoms with Gasteiger partial charge in [0.05, 0.1) is 33.8 Å². The lowest BCUT2D eigenvalue weighted by Gasteiger charge is -2.34. The molecule has 0 radical (unpaired) electrons. The van der Waals surface area contributed by atoms with E-state index in [0.29, 0.717) is 0 Å². The van der Waals surface area contributed by atoms with E-state index in [4.69, 9.17) is 4.42 Å². The molecule has 0 N–H and O–H groups in total. The predicted octanol–water partition coefficient (Wildman–Crippen LogP) is 31.3. The van der Waals surface area contributed by atoms with Crippen LogP contribution in [0.5, 0.6) is 0 Å². The van der Waals surface area contributed by atoms with Gasteiger partial charge in [0.1, 0.15) is 17.0 Å². The van der Waals surface area contributed by atoms with Gasteiger partial charge in [0.25, 0.3) is 0 Å². The maximum atomic E-state index is 14.1. The number of nitrogens with zero attached hydrogens (tertiary/aromatic N) is 5. The summed E-state index contributed by atoms with van der Waals surface area (Å²) >= 11 is 0. The summed E-state index contributed by atoms with van der Waals surface area (Å²) in [5, 5.41) is 9.47. The Morgan fingerprint density at radius 3 is 1.07 bits per heavy atom. The molecule has 0 aliphatic carbocycles. The maximum absolute atomic E-state index is 14.1. The number of halogens is 1. The molecule has 0 fully saturated rings. The maximum Gasteiger partial charge on any atom is 0.135 e. The Balaban J connectivity index is 0.000000143. The zero-order chi connectivity index (χ0) is 77.4. The van der Waals surface area contributed by atoms with Crippen molar-refractivity contribution in [1.29, 1.82) is 0 Å². The van der Waals surface area contributed by atoms with Gasteiger partial charge in [0, 0.05) is 94.6 Å². The van der Waals surface area contributed by atoms with Gasteiger partial charge in [-0.3, -0.25) is 0 Å². The lowest BCUT2D eigenvalue weighted by molar-refractivity contribution is 0.627. The van der Waals surface area contributed by atoms with Crippen molar-refractivity contribution in [1.82, 2.24) is 4.57 Å². The molecule has 550 valence electrons. The average Bonchev–Trinajstić information content (AvgIpc) is 1.62. The van der Waals surface area contributed by atoms with Crippen LogP contribution in [0.4, 0.5) is 72.6 Å². The molecule has 23 rings (SSSR count). The van der Waals surface area contributed by atoms with Crippen LogP contribution >= 0.6 is 0 Å². The lowest BCUT2D eigenvalue weighted by Crippen LogP contribution is -2.14. The summed E-state index contributed by atoms with van der Waals surface area (Å²) in [5.74, 6) is -0.249. The number of furan rings is 1. The molecular weight excluding hydrogens is 1430 g/mol. The number of fused-ring (bicyclic) bond motifs is 10. The molecule has 6 nitrogen and oxygen atoms in total. The number of para-hydroxylation sites is 6. The van der Waals surface area contributed by atoms with Gasteiger partial charge in [-0.05, 0) is 236 Å². The van der Waals surface area contributed by atoms with E-state index in [2.05, 4.69) is 425 Å². The van der Waals surface area contributed by atoms with E-state index >= 15 is 0 Å². The van der Waals surface area contributed by atoms with Crippen LogP contribution in [0.3, 0.4) is 0 Å². The van der Waals surface area contributed by atoms with Gasteiger partial charge >= 0.3 is 0 Å². The molecule has 0 saturated heterocycles. The number of anilines is 12. The minimum Gasteiger partial charge on any atom is -0.456 e. The number of aromatic nitrogens is 1. The molecule has 0 spiro atoms. The summed E-state index contributed by atoms with van der Waals surface area (Å²) < 4.78 is 22.5. The monoisotopic (exact) mass is 1500 g/mol. The van der Waals surface area contributed by atoms with Crippen molar-refractivity contribution >= 4 is 134 Å². The van der Waals surface area contributed by atoms with E-state index in [0.717, 1.165) is 100 Å². The van der Waals surface area contributed by atoms with Gasteiger partial charge in [0.15, 0.2) is 0 Å². The highest BCUT2D eigenvalue weighted by atomic mass is 19.1. The highest BCUT2D eigenvalue weighted by Gasteiger charge is 2.30. The third-order valence-electron chi connectivity index (χ3n) is 23.4. The van der Waals surface area contributed by atoms with Crippen molar-refractivity contribution in [3.8, 4) is 72.4 Å². The van der Waals surface area contributed by atoms with E-state index in [9.17, 15) is 4.39 Å². The van der Waals surface area contributed by atoms with Crippen LogP contribution in [-0.2, 0) is 0 Å². The van der Waals surface area contributed by atoms with Gasteiger partial charge in [0.2, 0.25) is 0 Å². The van der Waals surface area contributed by atoms with Crippen molar-refractivity contribution in [2.24, 2.45) is 0 Å².